The van der Waals surface area contributed by atoms with Crippen molar-refractivity contribution in [1.29, 1.82) is 0 Å². The Morgan fingerprint density at radius 1 is 1.13 bits per heavy atom. The van der Waals surface area contributed by atoms with Crippen molar-refractivity contribution in [3.8, 4) is 0 Å². The van der Waals surface area contributed by atoms with Crippen LogP contribution in [0.5, 0.6) is 0 Å². The van der Waals surface area contributed by atoms with Crippen LogP contribution in [-0.4, -0.2) is 96.5 Å². The molecule has 176 valence electrons. The minimum Gasteiger partial charge on any atom is -0.394 e. The van der Waals surface area contributed by atoms with Crippen molar-refractivity contribution in [2.75, 3.05) is 6.61 Å². The van der Waals surface area contributed by atoms with Gasteiger partial charge in [-0.3, -0.25) is 0 Å². The standard InChI is InChI=1S/C21H38O9/c1-6-21(5,28)10-13(9-12(2)7-8-15(23)20(3,4)27)29-19-18(26)17(25)16(24)14(11-22)30-19/h6,9,13-19,22-28H,1,7-8,10-11H2,2-5H3. The third-order valence-corrected chi connectivity index (χ3v) is 5.31. The molecule has 0 aromatic carbocycles. The summed E-state index contributed by atoms with van der Waals surface area (Å²) in [5, 5.41) is 69.7. The topological polar surface area (TPSA) is 160 Å². The maximum Gasteiger partial charge on any atom is 0.187 e. The van der Waals surface area contributed by atoms with Crippen molar-refractivity contribution in [1.82, 2.24) is 0 Å². The van der Waals surface area contributed by atoms with Crippen LogP contribution < -0.4 is 0 Å². The van der Waals surface area contributed by atoms with Gasteiger partial charge in [0.1, 0.15) is 24.4 Å². The first-order chi connectivity index (χ1) is 13.7. The van der Waals surface area contributed by atoms with Gasteiger partial charge in [0.25, 0.3) is 0 Å². The quantitative estimate of drug-likeness (QED) is 0.210. The summed E-state index contributed by atoms with van der Waals surface area (Å²) in [6, 6.07) is 0. The summed E-state index contributed by atoms with van der Waals surface area (Å²) < 4.78 is 11.2. The van der Waals surface area contributed by atoms with E-state index in [1.54, 1.807) is 13.0 Å². The van der Waals surface area contributed by atoms with Gasteiger partial charge in [-0.25, -0.2) is 0 Å². The lowest BCUT2D eigenvalue weighted by molar-refractivity contribution is -0.309. The Labute approximate surface area is 177 Å². The van der Waals surface area contributed by atoms with E-state index in [4.69, 9.17) is 9.47 Å². The summed E-state index contributed by atoms with van der Waals surface area (Å²) in [4.78, 5) is 0. The van der Waals surface area contributed by atoms with Crippen molar-refractivity contribution < 1.29 is 45.2 Å². The molecule has 0 radical (unpaired) electrons. The fourth-order valence-corrected chi connectivity index (χ4v) is 3.11. The molecule has 1 fully saturated rings. The van der Waals surface area contributed by atoms with E-state index in [1.807, 2.05) is 0 Å². The lowest BCUT2D eigenvalue weighted by Crippen LogP contribution is -2.59. The molecule has 0 aromatic heterocycles. The van der Waals surface area contributed by atoms with E-state index < -0.39 is 60.7 Å². The Kier molecular flexibility index (Phi) is 10.1. The minimum absolute atomic E-state index is 0.0525. The molecule has 9 heteroatoms. The van der Waals surface area contributed by atoms with Crippen molar-refractivity contribution >= 4 is 0 Å². The molecule has 0 aliphatic carbocycles. The van der Waals surface area contributed by atoms with E-state index in [2.05, 4.69) is 6.58 Å². The second-order valence-corrected chi connectivity index (χ2v) is 8.86. The minimum atomic E-state index is -1.58. The molecule has 1 saturated heterocycles. The van der Waals surface area contributed by atoms with Gasteiger partial charge >= 0.3 is 0 Å². The third kappa shape index (κ3) is 7.99. The first-order valence-corrected chi connectivity index (χ1v) is 10.1. The SMILES string of the molecule is C=CC(C)(O)CC(C=C(C)CCC(O)C(C)(C)O)OC1OC(CO)C(O)C(O)C1O. The van der Waals surface area contributed by atoms with Crippen LogP contribution in [-0.2, 0) is 9.47 Å². The Morgan fingerprint density at radius 2 is 1.73 bits per heavy atom. The second-order valence-electron chi connectivity index (χ2n) is 8.86. The van der Waals surface area contributed by atoms with E-state index in [1.165, 1.54) is 26.8 Å². The van der Waals surface area contributed by atoms with Gasteiger partial charge in [-0.2, -0.15) is 0 Å². The summed E-state index contributed by atoms with van der Waals surface area (Å²) in [5.41, 5.74) is -1.74. The summed E-state index contributed by atoms with van der Waals surface area (Å²) >= 11 is 0. The number of hydrogen-bond acceptors (Lipinski definition) is 9. The van der Waals surface area contributed by atoms with Gasteiger partial charge in [-0.1, -0.05) is 17.7 Å². The van der Waals surface area contributed by atoms with Crippen molar-refractivity contribution in [2.24, 2.45) is 0 Å². The number of ether oxygens (including phenoxy) is 2. The summed E-state index contributed by atoms with van der Waals surface area (Å²) in [7, 11) is 0. The maximum absolute atomic E-state index is 10.4. The van der Waals surface area contributed by atoms with Crippen LogP contribution in [0.15, 0.2) is 24.3 Å². The highest BCUT2D eigenvalue weighted by Crippen LogP contribution is 2.27. The Hall–Kier alpha value is -0.880. The van der Waals surface area contributed by atoms with Crippen molar-refractivity contribution in [3.63, 3.8) is 0 Å². The van der Waals surface area contributed by atoms with Gasteiger partial charge in [0.15, 0.2) is 6.29 Å². The average molecular weight is 435 g/mol. The highest BCUT2D eigenvalue weighted by atomic mass is 16.7. The lowest BCUT2D eigenvalue weighted by atomic mass is 9.93. The van der Waals surface area contributed by atoms with E-state index in [0.717, 1.165) is 5.57 Å². The summed E-state index contributed by atoms with van der Waals surface area (Å²) in [5.74, 6) is 0. The molecule has 30 heavy (non-hydrogen) atoms. The first-order valence-electron chi connectivity index (χ1n) is 10.1. The largest absolute Gasteiger partial charge is 0.394 e. The number of aliphatic hydroxyl groups is 7. The zero-order valence-corrected chi connectivity index (χ0v) is 18.2. The smallest absolute Gasteiger partial charge is 0.187 e. The van der Waals surface area contributed by atoms with Gasteiger partial charge in [0, 0.05) is 6.42 Å². The van der Waals surface area contributed by atoms with Crippen LogP contribution in [0.1, 0.15) is 47.0 Å². The molecular formula is C21H38O9. The predicted molar refractivity (Wildman–Crippen MR) is 109 cm³/mol. The Bertz CT molecular complexity index is 567. The third-order valence-electron chi connectivity index (χ3n) is 5.31. The summed E-state index contributed by atoms with van der Waals surface area (Å²) in [6.45, 7) is 9.37. The first kappa shape index (κ1) is 27.2. The van der Waals surface area contributed by atoms with Crippen LogP contribution in [0.2, 0.25) is 0 Å². The van der Waals surface area contributed by atoms with E-state index in [9.17, 15) is 35.7 Å². The second kappa shape index (κ2) is 11.1. The molecule has 0 aromatic rings. The molecule has 8 unspecified atom stereocenters. The van der Waals surface area contributed by atoms with E-state index in [-0.39, 0.29) is 6.42 Å². The van der Waals surface area contributed by atoms with Crippen LogP contribution in [0.4, 0.5) is 0 Å². The molecule has 7 N–H and O–H groups in total. The van der Waals surface area contributed by atoms with E-state index in [0.29, 0.717) is 12.8 Å². The van der Waals surface area contributed by atoms with Crippen molar-refractivity contribution in [3.05, 3.63) is 24.3 Å². The highest BCUT2D eigenvalue weighted by molar-refractivity contribution is 5.07. The molecule has 1 aliphatic rings. The normalized spacial score (nSPS) is 32.4. The van der Waals surface area contributed by atoms with Gasteiger partial charge in [-0.05, 0) is 40.5 Å². The molecule has 1 heterocycles. The summed E-state index contributed by atoms with van der Waals surface area (Å²) in [6.07, 6.45) is -4.98. The maximum atomic E-state index is 10.4. The molecule has 0 spiro atoms. The fourth-order valence-electron chi connectivity index (χ4n) is 3.11. The Balaban J connectivity index is 2.96. The highest BCUT2D eigenvalue weighted by Gasteiger charge is 2.45. The van der Waals surface area contributed by atoms with Crippen molar-refractivity contribution in [2.45, 2.75) is 101 Å². The molecule has 1 rings (SSSR count). The molecule has 8 atom stereocenters. The van der Waals surface area contributed by atoms with Gasteiger partial charge in [0.05, 0.1) is 30.0 Å². The van der Waals surface area contributed by atoms with Crippen LogP contribution in [0, 0.1) is 0 Å². The molecule has 0 bridgehead atoms. The van der Waals surface area contributed by atoms with Crippen LogP contribution in [0.3, 0.4) is 0 Å². The average Bonchev–Trinajstić information content (AvgIpc) is 2.65. The van der Waals surface area contributed by atoms with Gasteiger partial charge in [0.2, 0.25) is 0 Å². The molecular weight excluding hydrogens is 396 g/mol. The number of allylic oxidation sites excluding steroid dienone is 1. The van der Waals surface area contributed by atoms with Gasteiger partial charge in [-0.15, -0.1) is 6.58 Å². The fraction of sp³-hybridized carbons (Fsp3) is 0.810. The van der Waals surface area contributed by atoms with Crippen LogP contribution in [0.25, 0.3) is 0 Å². The molecule has 9 nitrogen and oxygen atoms in total. The molecule has 1 aliphatic heterocycles. The predicted octanol–water partition coefficient (Wildman–Crippen LogP) is -0.643. The number of aliphatic hydroxyl groups excluding tert-OH is 5. The van der Waals surface area contributed by atoms with Gasteiger partial charge < -0.3 is 45.2 Å². The Morgan fingerprint density at radius 3 is 2.23 bits per heavy atom. The van der Waals surface area contributed by atoms with E-state index >= 15 is 0 Å². The molecule has 0 saturated carbocycles. The monoisotopic (exact) mass is 434 g/mol. The number of rotatable bonds is 11. The molecule has 0 amide bonds. The van der Waals surface area contributed by atoms with Crippen LogP contribution >= 0.6 is 0 Å². The zero-order valence-electron chi connectivity index (χ0n) is 18.2. The zero-order chi connectivity index (χ0) is 23.3. The lowest BCUT2D eigenvalue weighted by Gasteiger charge is -2.41. The number of hydrogen-bond donors (Lipinski definition) is 7.